The minimum atomic E-state index is 1.19. The predicted molar refractivity (Wildman–Crippen MR) is 108 cm³/mol. The smallest absolute Gasteiger partial charge is 0.0555 e. The van der Waals surface area contributed by atoms with Gasteiger partial charge in [-0.3, -0.25) is 19.6 Å². The van der Waals surface area contributed by atoms with Crippen molar-refractivity contribution in [3.8, 4) is 0 Å². The van der Waals surface area contributed by atoms with E-state index in [1.54, 1.807) is 0 Å². The maximum absolute atomic E-state index is 2.47. The normalized spacial score (nSPS) is 38.6. The van der Waals surface area contributed by atoms with Gasteiger partial charge in [0.1, 0.15) is 0 Å². The van der Waals surface area contributed by atoms with Crippen LogP contribution in [0, 0.1) is 0 Å². The van der Waals surface area contributed by atoms with Gasteiger partial charge in [0, 0.05) is 106 Å². The lowest BCUT2D eigenvalue weighted by molar-refractivity contribution is -0.194. The molecule has 0 radical (unpaired) electrons. The molecule has 4 aliphatic rings. The third kappa shape index (κ3) is 6.27. The summed E-state index contributed by atoms with van der Waals surface area (Å²) in [7, 11) is 0. The zero-order chi connectivity index (χ0) is 12.1. The summed E-state index contributed by atoms with van der Waals surface area (Å²) in [6.07, 6.45) is 0. The molecule has 0 aliphatic carbocycles. The molecular formula is C6H12I5N5. The molecule has 4 rings (SSSR count). The average molecular weight is 789 g/mol. The van der Waals surface area contributed by atoms with E-state index in [2.05, 4.69) is 125 Å². The second-order valence-electron chi connectivity index (χ2n) is 3.72. The van der Waals surface area contributed by atoms with E-state index in [-0.39, 0.29) is 0 Å². The van der Waals surface area contributed by atoms with E-state index in [9.17, 15) is 0 Å². The van der Waals surface area contributed by atoms with E-state index >= 15 is 0 Å². The first-order valence-electron chi connectivity index (χ1n) is 4.44. The monoisotopic (exact) mass is 789 g/mol. The molecular weight excluding hydrogens is 777 g/mol. The van der Waals surface area contributed by atoms with Crippen LogP contribution < -0.4 is 0 Å². The molecule has 0 aromatic heterocycles. The van der Waals surface area contributed by atoms with E-state index in [1.165, 1.54) is 40.0 Å². The molecule has 0 atom stereocenters. The van der Waals surface area contributed by atoms with E-state index < -0.39 is 0 Å². The zero-order valence-electron chi connectivity index (χ0n) is 8.37. The van der Waals surface area contributed by atoms with E-state index in [0.29, 0.717) is 0 Å². The molecule has 0 aromatic rings. The molecule has 4 heterocycles. The van der Waals surface area contributed by atoms with E-state index in [0.717, 1.165) is 0 Å². The highest BCUT2D eigenvalue weighted by Crippen LogP contribution is 2.20. The van der Waals surface area contributed by atoms with Gasteiger partial charge in [-0.25, -0.2) is 0 Å². The quantitative estimate of drug-likeness (QED) is 0.277. The summed E-state index contributed by atoms with van der Waals surface area (Å²) in [5.41, 5.74) is 0. The van der Waals surface area contributed by atoms with Gasteiger partial charge < -0.3 is 0 Å². The summed E-state index contributed by atoms with van der Waals surface area (Å²) in [6, 6.07) is 0. The van der Waals surface area contributed by atoms with Crippen molar-refractivity contribution in [2.24, 2.45) is 0 Å². The lowest BCUT2D eigenvalue weighted by atomic mass is 10.4. The average Bonchev–Trinajstić information content (AvgIpc) is 2.17. The molecule has 0 unspecified atom stereocenters. The highest BCUT2D eigenvalue weighted by Gasteiger charge is 2.36. The SMILES string of the molecule is C1N2CN3CN1CN(C2)C3.II.IN(I)I. The van der Waals surface area contributed by atoms with Crippen LogP contribution in [0.25, 0.3) is 0 Å². The minimum Gasteiger partial charge on any atom is -0.264 e. The van der Waals surface area contributed by atoms with Crippen LogP contribution in [0.4, 0.5) is 0 Å². The van der Waals surface area contributed by atoms with Crippen molar-refractivity contribution in [1.29, 1.82) is 0 Å². The second kappa shape index (κ2) is 9.40. The summed E-state index contributed by atoms with van der Waals surface area (Å²) < 4.78 is 1.91. The number of hydrogen-bond donors (Lipinski definition) is 0. The standard InChI is InChI=1S/C6H12N4.I3N.I2/c1-7-2-9-4-8(1)5-10(3-7)6-9;1-4(2)3;1-2/h1-6H2;;. The third-order valence-corrected chi connectivity index (χ3v) is 2.40. The molecule has 96 valence electrons. The first-order valence-corrected chi connectivity index (χ1v) is 13.6. The Morgan fingerprint density at radius 3 is 0.812 bits per heavy atom. The molecule has 0 aromatic carbocycles. The van der Waals surface area contributed by atoms with Crippen LogP contribution in [0.1, 0.15) is 0 Å². The van der Waals surface area contributed by atoms with Gasteiger partial charge in [0.25, 0.3) is 0 Å². The van der Waals surface area contributed by atoms with Gasteiger partial charge in [-0.15, -0.1) is -0.460 Å². The van der Waals surface area contributed by atoms with Gasteiger partial charge in [-0.2, -0.15) is 0 Å². The maximum atomic E-state index is 2.47. The minimum absolute atomic E-state index is 1.19. The van der Waals surface area contributed by atoms with Crippen molar-refractivity contribution >= 4 is 106 Å². The first-order chi connectivity index (χ1) is 7.63. The summed E-state index contributed by atoms with van der Waals surface area (Å²) in [6.45, 7) is 7.12. The van der Waals surface area contributed by atoms with Crippen LogP contribution in [0.2, 0.25) is 0 Å². The molecule has 0 spiro atoms. The Morgan fingerprint density at radius 1 is 0.562 bits per heavy atom. The third-order valence-electron chi connectivity index (χ3n) is 2.40. The van der Waals surface area contributed by atoms with Crippen molar-refractivity contribution in [3.05, 3.63) is 0 Å². The lowest BCUT2D eigenvalue weighted by Crippen LogP contribution is -2.71. The van der Waals surface area contributed by atoms with Crippen LogP contribution in [-0.4, -0.2) is 59.2 Å². The van der Waals surface area contributed by atoms with Gasteiger partial charge in [-0.1, -0.05) is 0 Å². The van der Waals surface area contributed by atoms with Gasteiger partial charge in [0.05, 0.1) is 40.0 Å². The van der Waals surface area contributed by atoms with Crippen LogP contribution in [-0.2, 0) is 0 Å². The van der Waals surface area contributed by atoms with Crippen molar-refractivity contribution in [1.82, 2.24) is 19.1 Å². The molecule has 0 amide bonds. The zero-order valence-corrected chi connectivity index (χ0v) is 19.2. The summed E-state index contributed by atoms with van der Waals surface area (Å²) >= 11 is 10.7. The van der Waals surface area contributed by atoms with Crippen LogP contribution in [0.15, 0.2) is 0 Å². The van der Waals surface area contributed by atoms with Crippen LogP contribution >= 0.6 is 106 Å². The molecule has 4 bridgehead atoms. The van der Waals surface area contributed by atoms with Gasteiger partial charge >= 0.3 is 0 Å². The molecule has 4 aliphatic heterocycles. The highest BCUT2D eigenvalue weighted by molar-refractivity contribution is 15.0. The Bertz CT molecular complexity index is 146. The van der Waals surface area contributed by atoms with Crippen LogP contribution in [0.3, 0.4) is 0 Å². The second-order valence-corrected chi connectivity index (χ2v) is 12.2. The van der Waals surface area contributed by atoms with Gasteiger partial charge in [0.15, 0.2) is 0 Å². The fraction of sp³-hybridized carbons (Fsp3) is 1.00. The number of rotatable bonds is 0. The van der Waals surface area contributed by atoms with Crippen molar-refractivity contribution in [2.45, 2.75) is 0 Å². The van der Waals surface area contributed by atoms with Gasteiger partial charge in [0.2, 0.25) is 0 Å². The predicted octanol–water partition coefficient (Wildman–Crippen LogP) is 3.09. The Balaban J connectivity index is 0.000000186. The Morgan fingerprint density at radius 2 is 0.688 bits per heavy atom. The lowest BCUT2D eigenvalue weighted by Gasteiger charge is -2.56. The molecule has 4 saturated heterocycles. The molecule has 5 nitrogen and oxygen atoms in total. The summed E-state index contributed by atoms with van der Waals surface area (Å²) in [5, 5.41) is 0. The van der Waals surface area contributed by atoms with Crippen molar-refractivity contribution in [3.63, 3.8) is 0 Å². The summed E-state index contributed by atoms with van der Waals surface area (Å²) in [4.78, 5) is 9.88. The molecule has 16 heavy (non-hydrogen) atoms. The highest BCUT2D eigenvalue weighted by atomic mass is 128. The fourth-order valence-electron chi connectivity index (χ4n) is 2.23. The van der Waals surface area contributed by atoms with Crippen molar-refractivity contribution in [2.75, 3.05) is 40.0 Å². The van der Waals surface area contributed by atoms with Crippen LogP contribution in [0.5, 0.6) is 0 Å². The summed E-state index contributed by atoms with van der Waals surface area (Å²) in [5.74, 6) is 0. The number of nitrogens with zero attached hydrogens (tertiary/aromatic N) is 5. The fourth-order valence-corrected chi connectivity index (χ4v) is 2.23. The maximum Gasteiger partial charge on any atom is 0.0555 e. The first kappa shape index (κ1) is 17.5. The largest absolute Gasteiger partial charge is 0.264 e. The number of hydrogen-bond acceptors (Lipinski definition) is 5. The Hall–Kier alpha value is 3.45. The van der Waals surface area contributed by atoms with Gasteiger partial charge in [-0.05, 0) is 0 Å². The van der Waals surface area contributed by atoms with E-state index in [4.69, 9.17) is 0 Å². The Kier molecular flexibility index (Phi) is 10.3. The molecule has 10 heteroatoms. The Labute approximate surface area is 162 Å². The molecule has 0 N–H and O–H groups in total. The topological polar surface area (TPSA) is 16.2 Å². The molecule has 0 saturated carbocycles. The van der Waals surface area contributed by atoms with E-state index in [1.807, 2.05) is -0.460 Å². The van der Waals surface area contributed by atoms with Crippen molar-refractivity contribution < 1.29 is 0 Å². The number of halogens is 5. The molecule has 4 fully saturated rings.